The second-order valence-electron chi connectivity index (χ2n) is 12.2. The van der Waals surface area contributed by atoms with E-state index in [0.29, 0.717) is 11.1 Å². The lowest BCUT2D eigenvalue weighted by Crippen LogP contribution is -2.72. The third kappa shape index (κ3) is 4.68. The minimum absolute atomic E-state index is 0.0757. The van der Waals surface area contributed by atoms with Crippen LogP contribution in [0, 0.1) is 16.7 Å². The lowest BCUT2D eigenvalue weighted by Gasteiger charge is -2.61. The van der Waals surface area contributed by atoms with Crippen LogP contribution < -0.4 is 0 Å². The molecule has 12 nitrogen and oxygen atoms in total. The zero-order valence-corrected chi connectivity index (χ0v) is 25.4. The number of carbonyl (C=O) groups excluding carboxylic acids is 6. The maximum Gasteiger partial charge on any atom is 0.334 e. The minimum Gasteiger partial charge on any atom is -0.461 e. The van der Waals surface area contributed by atoms with Gasteiger partial charge in [0, 0.05) is 64.4 Å². The number of hydrogen-bond donors (Lipinski definition) is 0. The second-order valence-corrected chi connectivity index (χ2v) is 12.2. The molecule has 2 fully saturated rings. The van der Waals surface area contributed by atoms with Gasteiger partial charge < -0.3 is 28.4 Å². The van der Waals surface area contributed by atoms with Crippen molar-refractivity contribution in [3.63, 3.8) is 0 Å². The van der Waals surface area contributed by atoms with Gasteiger partial charge in [0.15, 0.2) is 23.9 Å². The van der Waals surface area contributed by atoms with E-state index in [1.165, 1.54) is 34.6 Å². The summed E-state index contributed by atoms with van der Waals surface area (Å²) in [7, 11) is 0. The van der Waals surface area contributed by atoms with Gasteiger partial charge in [0.25, 0.3) is 0 Å². The first-order valence-electron chi connectivity index (χ1n) is 13.9. The molecule has 1 unspecified atom stereocenters. The van der Waals surface area contributed by atoms with Crippen molar-refractivity contribution in [1.29, 1.82) is 0 Å². The monoisotopic (exact) mass is 590 g/mol. The predicted octanol–water partition coefficient (Wildman–Crippen LogP) is 2.65. The van der Waals surface area contributed by atoms with E-state index in [4.69, 9.17) is 28.4 Å². The Morgan fingerprint density at radius 1 is 0.833 bits per heavy atom. The van der Waals surface area contributed by atoms with Crippen LogP contribution in [0.1, 0.15) is 75.2 Å². The van der Waals surface area contributed by atoms with Crippen molar-refractivity contribution in [3.05, 3.63) is 22.8 Å². The molecule has 12 heteroatoms. The van der Waals surface area contributed by atoms with Crippen LogP contribution in [0.5, 0.6) is 0 Å². The fourth-order valence-corrected chi connectivity index (χ4v) is 7.79. The average molecular weight is 591 g/mol. The van der Waals surface area contributed by atoms with Gasteiger partial charge in [-0.1, -0.05) is 26.8 Å². The van der Waals surface area contributed by atoms with Crippen molar-refractivity contribution in [1.82, 2.24) is 0 Å². The average Bonchev–Trinajstić information content (AvgIpc) is 3.18. The molecule has 3 aliphatic carbocycles. The molecule has 4 aliphatic rings. The SMILES string of the molecule is CC(=O)O[C@H]1CC2(OC(C)=O)[C@H]3OC(=O)C4=CC[C@H](OC(C)=O)[C@@](C)([C@@H](OC(C)=O)[C@H](OC(C)=O)C(=C1C)C2(C)C)[C@@H]43. The maximum absolute atomic E-state index is 13.5. The van der Waals surface area contributed by atoms with Gasteiger partial charge in [-0.05, 0) is 18.1 Å². The smallest absolute Gasteiger partial charge is 0.334 e. The molecular formula is C30H38O12. The summed E-state index contributed by atoms with van der Waals surface area (Å²) >= 11 is 0. The first-order valence-corrected chi connectivity index (χ1v) is 13.9. The summed E-state index contributed by atoms with van der Waals surface area (Å²) in [5.74, 6) is -5.00. The Morgan fingerprint density at radius 2 is 1.40 bits per heavy atom. The van der Waals surface area contributed by atoms with Gasteiger partial charge in [0.1, 0.15) is 12.2 Å². The molecule has 0 aromatic rings. The zero-order chi connectivity index (χ0) is 31.5. The van der Waals surface area contributed by atoms with E-state index in [1.54, 1.807) is 33.8 Å². The molecule has 0 aromatic heterocycles. The van der Waals surface area contributed by atoms with Gasteiger partial charge in [-0.3, -0.25) is 24.0 Å². The normalized spacial score (nSPS) is 36.2. The largest absolute Gasteiger partial charge is 0.461 e. The number of fused-ring (bicyclic) bond motifs is 3. The summed E-state index contributed by atoms with van der Waals surface area (Å²) in [5, 5.41) is 0. The van der Waals surface area contributed by atoms with E-state index in [-0.39, 0.29) is 18.4 Å². The van der Waals surface area contributed by atoms with Gasteiger partial charge >= 0.3 is 35.8 Å². The fourth-order valence-electron chi connectivity index (χ4n) is 7.79. The van der Waals surface area contributed by atoms with E-state index in [2.05, 4.69) is 0 Å². The Kier molecular flexibility index (Phi) is 7.84. The molecule has 8 atom stereocenters. The van der Waals surface area contributed by atoms with Crippen molar-refractivity contribution < 1.29 is 57.2 Å². The summed E-state index contributed by atoms with van der Waals surface area (Å²) in [6, 6.07) is 0. The molecule has 0 radical (unpaired) electrons. The minimum atomic E-state index is -1.66. The number of hydrogen-bond acceptors (Lipinski definition) is 12. The van der Waals surface area contributed by atoms with Crippen LogP contribution in [0.3, 0.4) is 0 Å². The highest BCUT2D eigenvalue weighted by molar-refractivity contribution is 5.92. The highest BCUT2D eigenvalue weighted by Gasteiger charge is 2.75. The molecule has 1 saturated heterocycles. The van der Waals surface area contributed by atoms with Gasteiger partial charge in [0.05, 0.1) is 5.41 Å². The Morgan fingerprint density at radius 3 is 1.93 bits per heavy atom. The van der Waals surface area contributed by atoms with Gasteiger partial charge in [0.2, 0.25) is 0 Å². The Balaban J connectivity index is 2.19. The van der Waals surface area contributed by atoms with E-state index in [1.807, 2.05) is 0 Å². The van der Waals surface area contributed by atoms with Crippen molar-refractivity contribution >= 4 is 35.8 Å². The third-order valence-electron chi connectivity index (χ3n) is 9.31. The molecule has 2 bridgehead atoms. The van der Waals surface area contributed by atoms with Crippen LogP contribution in [-0.2, 0) is 57.2 Å². The summed E-state index contributed by atoms with van der Waals surface area (Å²) in [5.41, 5.74) is -3.26. The van der Waals surface area contributed by atoms with Gasteiger partial charge in [-0.15, -0.1) is 0 Å². The van der Waals surface area contributed by atoms with Crippen molar-refractivity contribution in [2.75, 3.05) is 0 Å². The quantitative estimate of drug-likeness (QED) is 0.262. The molecular weight excluding hydrogens is 552 g/mol. The van der Waals surface area contributed by atoms with E-state index >= 15 is 0 Å². The topological polar surface area (TPSA) is 158 Å². The summed E-state index contributed by atoms with van der Waals surface area (Å²) in [6.45, 7) is 13.0. The number of carbonyl (C=O) groups is 6. The Labute approximate surface area is 244 Å². The zero-order valence-electron chi connectivity index (χ0n) is 25.4. The maximum atomic E-state index is 13.5. The van der Waals surface area contributed by atoms with Gasteiger partial charge in [-0.2, -0.15) is 0 Å². The molecule has 0 N–H and O–H groups in total. The van der Waals surface area contributed by atoms with Crippen LogP contribution in [0.15, 0.2) is 22.8 Å². The van der Waals surface area contributed by atoms with Crippen molar-refractivity contribution in [3.8, 4) is 0 Å². The van der Waals surface area contributed by atoms with E-state index in [0.717, 1.165) is 0 Å². The molecule has 0 amide bonds. The predicted molar refractivity (Wildman–Crippen MR) is 142 cm³/mol. The highest BCUT2D eigenvalue weighted by atomic mass is 16.6. The van der Waals surface area contributed by atoms with Crippen molar-refractivity contribution in [2.24, 2.45) is 16.7 Å². The lowest BCUT2D eigenvalue weighted by molar-refractivity contribution is -0.248. The first-order chi connectivity index (χ1) is 19.4. The third-order valence-corrected chi connectivity index (χ3v) is 9.31. The van der Waals surface area contributed by atoms with Crippen LogP contribution in [0.25, 0.3) is 0 Å². The van der Waals surface area contributed by atoms with Crippen LogP contribution in [0.2, 0.25) is 0 Å². The number of rotatable bonds is 5. The summed E-state index contributed by atoms with van der Waals surface area (Å²) < 4.78 is 35.8. The first kappa shape index (κ1) is 31.2. The molecule has 230 valence electrons. The van der Waals surface area contributed by atoms with Crippen LogP contribution in [0.4, 0.5) is 0 Å². The van der Waals surface area contributed by atoms with Crippen molar-refractivity contribution in [2.45, 2.75) is 111 Å². The second kappa shape index (κ2) is 10.5. The van der Waals surface area contributed by atoms with E-state index < -0.39 is 88.7 Å². The van der Waals surface area contributed by atoms with E-state index in [9.17, 15) is 28.8 Å². The fraction of sp³-hybridized carbons (Fsp3) is 0.667. The molecule has 4 rings (SSSR count). The van der Waals surface area contributed by atoms with Gasteiger partial charge in [-0.25, -0.2) is 4.79 Å². The Hall–Kier alpha value is -3.70. The number of esters is 6. The highest BCUT2D eigenvalue weighted by Crippen LogP contribution is 2.65. The van der Waals surface area contributed by atoms with Crippen LogP contribution in [-0.4, -0.2) is 71.9 Å². The Bertz CT molecular complexity index is 1310. The number of ether oxygens (including phenoxy) is 6. The molecule has 1 saturated carbocycles. The molecule has 42 heavy (non-hydrogen) atoms. The summed E-state index contributed by atoms with van der Waals surface area (Å²) in [6.07, 6.45) is -4.19. The molecule has 0 aromatic carbocycles. The van der Waals surface area contributed by atoms with Crippen LogP contribution >= 0.6 is 0 Å². The molecule has 0 spiro atoms. The molecule has 1 heterocycles. The molecule has 1 aliphatic heterocycles. The lowest BCUT2D eigenvalue weighted by atomic mass is 9.48. The standard InChI is InChI=1S/C30H38O12/c1-13-20(37-14(2)31)12-30(42-18(6)35)25-23-19(27(36)41-25)10-11-21(38-15(3)32)29(23,9)26(40-17(5)34)24(39-16(4)33)22(13)28(30,7)8/h10,20-21,23-26H,11-12H2,1-9H3/t20-,21-,23-,24+,25-,26-,29+,30?/m0/s1. The summed E-state index contributed by atoms with van der Waals surface area (Å²) in [4.78, 5) is 76.5.